The molecule has 1 saturated heterocycles. The highest BCUT2D eigenvalue weighted by Crippen LogP contribution is 2.16. The minimum Gasteiger partial charge on any atom is -0.376 e. The molecule has 0 radical (unpaired) electrons. The predicted octanol–water partition coefficient (Wildman–Crippen LogP) is 0.767. The molecule has 0 unspecified atom stereocenters. The molecule has 3 heterocycles. The zero-order valence-corrected chi connectivity index (χ0v) is 13.3. The van der Waals surface area contributed by atoms with Gasteiger partial charge in [0.2, 0.25) is 0 Å². The van der Waals surface area contributed by atoms with Crippen LogP contribution in [0.15, 0.2) is 0 Å². The maximum absolute atomic E-state index is 12.5. The number of carbonyl (C=O) groups is 1. The first-order chi connectivity index (χ1) is 10.7. The molecule has 0 aromatic carbocycles. The summed E-state index contributed by atoms with van der Waals surface area (Å²) in [6, 6.07) is 0. The summed E-state index contributed by atoms with van der Waals surface area (Å²) < 4.78 is 13.3. The van der Waals surface area contributed by atoms with E-state index in [4.69, 9.17) is 9.47 Å². The zero-order valence-electron chi connectivity index (χ0n) is 13.3. The first-order valence-electron chi connectivity index (χ1n) is 8.12. The Hall–Kier alpha value is -1.47. The fraction of sp³-hybridized carbons (Fsp3) is 0.800. The van der Waals surface area contributed by atoms with Crippen LogP contribution in [0, 0.1) is 0 Å². The topological polar surface area (TPSA) is 69.5 Å². The molecule has 0 spiro atoms. The van der Waals surface area contributed by atoms with Gasteiger partial charge in [0, 0.05) is 26.1 Å². The molecular weight excluding hydrogens is 284 g/mol. The van der Waals surface area contributed by atoms with Gasteiger partial charge in [-0.1, -0.05) is 6.92 Å². The highest BCUT2D eigenvalue weighted by atomic mass is 16.5. The fourth-order valence-electron chi connectivity index (χ4n) is 3.02. The van der Waals surface area contributed by atoms with Gasteiger partial charge in [-0.05, 0) is 19.8 Å². The largest absolute Gasteiger partial charge is 0.376 e. The maximum Gasteiger partial charge on any atom is 0.251 e. The summed E-state index contributed by atoms with van der Waals surface area (Å²) in [4.78, 5) is 14.3. The van der Waals surface area contributed by atoms with Crippen molar-refractivity contribution in [3.8, 4) is 0 Å². The number of aromatic nitrogens is 3. The molecule has 3 rings (SSSR count). The van der Waals surface area contributed by atoms with Crippen LogP contribution in [0.5, 0.6) is 0 Å². The Kier molecular flexibility index (Phi) is 4.73. The first-order valence-corrected chi connectivity index (χ1v) is 8.12. The van der Waals surface area contributed by atoms with Crippen molar-refractivity contribution in [1.82, 2.24) is 19.7 Å². The van der Waals surface area contributed by atoms with Crippen molar-refractivity contribution in [2.24, 2.45) is 0 Å². The number of carbonyl (C=O) groups excluding carboxylic acids is 1. The number of amides is 1. The second-order valence-corrected chi connectivity index (χ2v) is 5.91. The highest BCUT2D eigenvalue weighted by molar-refractivity contribution is 5.80. The molecule has 7 heteroatoms. The van der Waals surface area contributed by atoms with Gasteiger partial charge >= 0.3 is 0 Å². The molecule has 2 aliphatic rings. The average Bonchev–Trinajstić information content (AvgIpc) is 3.20. The average molecular weight is 308 g/mol. The molecule has 1 aromatic rings. The van der Waals surface area contributed by atoms with Crippen LogP contribution in [0.3, 0.4) is 0 Å². The summed E-state index contributed by atoms with van der Waals surface area (Å²) in [6.07, 6.45) is 2.67. The van der Waals surface area contributed by atoms with E-state index in [1.54, 1.807) is 0 Å². The van der Waals surface area contributed by atoms with Gasteiger partial charge in [0.15, 0.2) is 5.82 Å². The summed E-state index contributed by atoms with van der Waals surface area (Å²) in [7, 11) is 0. The molecule has 0 saturated carbocycles. The van der Waals surface area contributed by atoms with Crippen LogP contribution < -0.4 is 0 Å². The molecule has 0 N–H and O–H groups in total. The van der Waals surface area contributed by atoms with Gasteiger partial charge in [0.05, 0.1) is 19.3 Å². The minimum atomic E-state index is -0.440. The third-order valence-electron chi connectivity index (χ3n) is 4.36. The number of hydrogen-bond acceptors (Lipinski definition) is 5. The lowest BCUT2D eigenvalue weighted by Crippen LogP contribution is -2.44. The van der Waals surface area contributed by atoms with Crippen LogP contribution in [0.2, 0.25) is 0 Å². The summed E-state index contributed by atoms with van der Waals surface area (Å²) in [6.45, 7) is 7.14. The summed E-state index contributed by atoms with van der Waals surface area (Å²) in [5.74, 6) is 1.87. The van der Waals surface area contributed by atoms with Crippen LogP contribution in [0.4, 0.5) is 0 Å². The van der Waals surface area contributed by atoms with Crippen LogP contribution in [0.1, 0.15) is 38.3 Å². The van der Waals surface area contributed by atoms with E-state index in [0.717, 1.165) is 44.1 Å². The van der Waals surface area contributed by atoms with Crippen molar-refractivity contribution in [1.29, 1.82) is 0 Å². The van der Waals surface area contributed by atoms with Crippen LogP contribution in [0.25, 0.3) is 0 Å². The van der Waals surface area contributed by atoms with Crippen molar-refractivity contribution in [3.05, 3.63) is 11.6 Å². The molecule has 22 heavy (non-hydrogen) atoms. The van der Waals surface area contributed by atoms with Crippen molar-refractivity contribution in [2.45, 2.75) is 58.4 Å². The SMILES string of the molecule is CCc1nnc2n1CCN(C(=O)[C@H](C)OC[C@H]1CCCO1)C2. The number of fused-ring (bicyclic) bond motifs is 1. The lowest BCUT2D eigenvalue weighted by atomic mass is 10.2. The molecule has 2 aliphatic heterocycles. The van der Waals surface area contributed by atoms with Crippen LogP contribution >= 0.6 is 0 Å². The lowest BCUT2D eigenvalue weighted by Gasteiger charge is -2.30. The monoisotopic (exact) mass is 308 g/mol. The van der Waals surface area contributed by atoms with Crippen LogP contribution in [-0.2, 0) is 33.8 Å². The second kappa shape index (κ2) is 6.75. The summed E-state index contributed by atoms with van der Waals surface area (Å²) in [5.41, 5.74) is 0. The Morgan fingerprint density at radius 2 is 2.32 bits per heavy atom. The van der Waals surface area contributed by atoms with E-state index in [1.807, 2.05) is 11.8 Å². The van der Waals surface area contributed by atoms with E-state index < -0.39 is 6.10 Å². The number of nitrogens with zero attached hydrogens (tertiary/aromatic N) is 4. The maximum atomic E-state index is 12.5. The Labute approximate surface area is 130 Å². The number of hydrogen-bond donors (Lipinski definition) is 0. The van der Waals surface area contributed by atoms with Crippen molar-refractivity contribution in [2.75, 3.05) is 19.8 Å². The second-order valence-electron chi connectivity index (χ2n) is 5.91. The van der Waals surface area contributed by atoms with Gasteiger partial charge in [-0.25, -0.2) is 0 Å². The first kappa shape index (κ1) is 15.4. The van der Waals surface area contributed by atoms with Gasteiger partial charge in [-0.2, -0.15) is 0 Å². The van der Waals surface area contributed by atoms with Gasteiger partial charge in [-0.15, -0.1) is 10.2 Å². The molecule has 1 amide bonds. The van der Waals surface area contributed by atoms with Crippen molar-refractivity contribution >= 4 is 5.91 Å². The molecule has 122 valence electrons. The van der Waals surface area contributed by atoms with Crippen molar-refractivity contribution in [3.63, 3.8) is 0 Å². The van der Waals surface area contributed by atoms with E-state index in [0.29, 0.717) is 19.7 Å². The van der Waals surface area contributed by atoms with Gasteiger partial charge in [0.25, 0.3) is 5.91 Å². The number of rotatable bonds is 5. The molecule has 0 bridgehead atoms. The van der Waals surface area contributed by atoms with Gasteiger partial charge < -0.3 is 18.9 Å². The van der Waals surface area contributed by atoms with E-state index in [-0.39, 0.29) is 12.0 Å². The van der Waals surface area contributed by atoms with Crippen molar-refractivity contribution < 1.29 is 14.3 Å². The molecule has 1 aromatic heterocycles. The minimum absolute atomic E-state index is 0.0188. The zero-order chi connectivity index (χ0) is 15.5. The molecule has 2 atom stereocenters. The summed E-state index contributed by atoms with van der Waals surface area (Å²) >= 11 is 0. The smallest absolute Gasteiger partial charge is 0.251 e. The standard InChI is InChI=1S/C15H24N4O3/c1-3-13-16-17-14-9-18(6-7-19(13)14)15(20)11(2)22-10-12-5-4-8-21-12/h11-12H,3-10H2,1-2H3/t11-,12+/m0/s1. The normalized spacial score (nSPS) is 22.6. The van der Waals surface area contributed by atoms with E-state index in [9.17, 15) is 4.79 Å². The molecule has 7 nitrogen and oxygen atoms in total. The Balaban J connectivity index is 1.53. The van der Waals surface area contributed by atoms with E-state index in [2.05, 4.69) is 21.7 Å². The quantitative estimate of drug-likeness (QED) is 0.803. The Morgan fingerprint density at radius 1 is 1.45 bits per heavy atom. The molecule has 0 aliphatic carbocycles. The molecular formula is C15H24N4O3. The number of ether oxygens (including phenoxy) is 2. The van der Waals surface area contributed by atoms with Crippen LogP contribution in [-0.4, -0.2) is 57.5 Å². The highest BCUT2D eigenvalue weighted by Gasteiger charge is 2.28. The van der Waals surface area contributed by atoms with Gasteiger partial charge in [0.1, 0.15) is 11.9 Å². The molecule has 1 fully saturated rings. The third kappa shape index (κ3) is 3.15. The Bertz CT molecular complexity index is 525. The lowest BCUT2D eigenvalue weighted by molar-refractivity contribution is -0.146. The third-order valence-corrected chi connectivity index (χ3v) is 4.36. The van der Waals surface area contributed by atoms with Gasteiger partial charge in [-0.3, -0.25) is 4.79 Å². The number of aryl methyl sites for hydroxylation is 1. The fourth-order valence-corrected chi connectivity index (χ4v) is 3.02. The Morgan fingerprint density at radius 3 is 3.05 bits per heavy atom. The van der Waals surface area contributed by atoms with E-state index >= 15 is 0 Å². The predicted molar refractivity (Wildman–Crippen MR) is 79.2 cm³/mol. The van der Waals surface area contributed by atoms with E-state index in [1.165, 1.54) is 0 Å². The summed E-state index contributed by atoms with van der Waals surface area (Å²) in [5, 5.41) is 8.36.